The van der Waals surface area contributed by atoms with Crippen molar-refractivity contribution < 1.29 is 4.79 Å². The summed E-state index contributed by atoms with van der Waals surface area (Å²) in [6.07, 6.45) is 0. The second kappa shape index (κ2) is 3.80. The van der Waals surface area contributed by atoms with Crippen molar-refractivity contribution >= 4 is 5.91 Å². The molecule has 1 heterocycles. The minimum atomic E-state index is 0.0218. The Labute approximate surface area is 83.5 Å². The molecule has 0 saturated carbocycles. The molecular weight excluding hydrogens is 176 g/mol. The average Bonchev–Trinajstić information content (AvgIpc) is 2.18. The van der Waals surface area contributed by atoms with E-state index < -0.39 is 0 Å². The number of rotatable bonds is 1. The van der Waals surface area contributed by atoms with Gasteiger partial charge in [0.1, 0.15) is 0 Å². The summed E-state index contributed by atoms with van der Waals surface area (Å²) in [5.41, 5.74) is 2.51. The molecule has 2 rings (SSSR count). The van der Waals surface area contributed by atoms with Crippen LogP contribution in [0.3, 0.4) is 0 Å². The summed E-state index contributed by atoms with van der Waals surface area (Å²) in [6.45, 7) is 3.26. The van der Waals surface area contributed by atoms with Crippen molar-refractivity contribution in [2.24, 2.45) is 0 Å². The number of fused-ring (bicyclic) bond motifs is 1. The van der Waals surface area contributed by atoms with Gasteiger partial charge in [-0.1, -0.05) is 24.3 Å². The molecular formula is C11H14N2O. The van der Waals surface area contributed by atoms with E-state index in [2.05, 4.69) is 22.8 Å². The molecule has 0 saturated heterocycles. The monoisotopic (exact) mass is 190 g/mol. The van der Waals surface area contributed by atoms with Crippen molar-refractivity contribution in [3.8, 4) is 0 Å². The second-order valence-corrected chi connectivity index (χ2v) is 3.58. The highest BCUT2D eigenvalue weighted by molar-refractivity contribution is 5.73. The zero-order valence-electron chi connectivity index (χ0n) is 8.21. The van der Waals surface area contributed by atoms with E-state index in [0.717, 1.165) is 13.1 Å². The summed E-state index contributed by atoms with van der Waals surface area (Å²) >= 11 is 0. The van der Waals surface area contributed by atoms with E-state index in [0.29, 0.717) is 0 Å². The summed E-state index contributed by atoms with van der Waals surface area (Å²) < 4.78 is 0. The van der Waals surface area contributed by atoms with E-state index in [1.165, 1.54) is 11.1 Å². The van der Waals surface area contributed by atoms with E-state index in [1.807, 2.05) is 12.1 Å². The SMILES string of the molecule is CC(=O)N[C@H]1CNCc2ccccc21. The van der Waals surface area contributed by atoms with Gasteiger partial charge < -0.3 is 10.6 Å². The Morgan fingerprint density at radius 1 is 1.50 bits per heavy atom. The highest BCUT2D eigenvalue weighted by Gasteiger charge is 2.19. The van der Waals surface area contributed by atoms with Crippen LogP contribution < -0.4 is 10.6 Å². The number of hydrogen-bond acceptors (Lipinski definition) is 2. The first-order valence-corrected chi connectivity index (χ1v) is 4.83. The number of nitrogens with one attached hydrogen (secondary N) is 2. The third kappa shape index (κ3) is 1.77. The molecule has 1 aliphatic rings. The topological polar surface area (TPSA) is 41.1 Å². The fourth-order valence-electron chi connectivity index (χ4n) is 1.87. The molecule has 1 amide bonds. The molecule has 2 N–H and O–H groups in total. The quantitative estimate of drug-likeness (QED) is 0.692. The fraction of sp³-hybridized carbons (Fsp3) is 0.364. The summed E-state index contributed by atoms with van der Waals surface area (Å²) in [5, 5.41) is 6.22. The molecule has 0 radical (unpaired) electrons. The second-order valence-electron chi connectivity index (χ2n) is 3.58. The Morgan fingerprint density at radius 3 is 3.07 bits per heavy atom. The van der Waals surface area contributed by atoms with Crippen molar-refractivity contribution in [1.29, 1.82) is 0 Å². The third-order valence-electron chi connectivity index (χ3n) is 2.47. The van der Waals surface area contributed by atoms with E-state index in [-0.39, 0.29) is 11.9 Å². The number of carbonyl (C=O) groups excluding carboxylic acids is 1. The molecule has 1 atom stereocenters. The van der Waals surface area contributed by atoms with Gasteiger partial charge in [0, 0.05) is 20.0 Å². The minimum Gasteiger partial charge on any atom is -0.348 e. The maximum atomic E-state index is 11.0. The van der Waals surface area contributed by atoms with Gasteiger partial charge in [-0.15, -0.1) is 0 Å². The summed E-state index contributed by atoms with van der Waals surface area (Å²) in [7, 11) is 0. The zero-order chi connectivity index (χ0) is 9.97. The minimum absolute atomic E-state index is 0.0218. The Hall–Kier alpha value is -1.35. The molecule has 0 unspecified atom stereocenters. The molecule has 0 aliphatic carbocycles. The van der Waals surface area contributed by atoms with Crippen molar-refractivity contribution in [2.75, 3.05) is 6.54 Å². The van der Waals surface area contributed by atoms with Crippen LogP contribution in [-0.2, 0) is 11.3 Å². The average molecular weight is 190 g/mol. The van der Waals surface area contributed by atoms with Gasteiger partial charge in [0.05, 0.1) is 6.04 Å². The smallest absolute Gasteiger partial charge is 0.217 e. The summed E-state index contributed by atoms with van der Waals surface area (Å²) in [4.78, 5) is 11.0. The van der Waals surface area contributed by atoms with E-state index in [9.17, 15) is 4.79 Å². The molecule has 0 spiro atoms. The van der Waals surface area contributed by atoms with Crippen LogP contribution in [0.4, 0.5) is 0 Å². The first-order valence-electron chi connectivity index (χ1n) is 4.83. The van der Waals surface area contributed by atoms with Gasteiger partial charge in [0.2, 0.25) is 5.91 Å². The van der Waals surface area contributed by atoms with Crippen LogP contribution in [0.1, 0.15) is 24.1 Å². The first kappa shape index (κ1) is 9.21. The third-order valence-corrected chi connectivity index (χ3v) is 2.47. The Morgan fingerprint density at radius 2 is 2.29 bits per heavy atom. The van der Waals surface area contributed by atoms with Gasteiger partial charge >= 0.3 is 0 Å². The molecule has 1 aromatic carbocycles. The predicted octanol–water partition coefficient (Wildman–Crippen LogP) is 0.967. The van der Waals surface area contributed by atoms with Crippen molar-refractivity contribution in [3.63, 3.8) is 0 Å². The van der Waals surface area contributed by atoms with Gasteiger partial charge in [-0.05, 0) is 11.1 Å². The van der Waals surface area contributed by atoms with Gasteiger partial charge in [-0.3, -0.25) is 4.79 Å². The van der Waals surface area contributed by atoms with Crippen LogP contribution in [0.2, 0.25) is 0 Å². The maximum absolute atomic E-state index is 11.0. The highest BCUT2D eigenvalue weighted by Crippen LogP contribution is 2.21. The first-order chi connectivity index (χ1) is 6.77. The van der Waals surface area contributed by atoms with Crippen LogP contribution in [0, 0.1) is 0 Å². The maximum Gasteiger partial charge on any atom is 0.217 e. The molecule has 0 fully saturated rings. The van der Waals surface area contributed by atoms with E-state index in [4.69, 9.17) is 0 Å². The van der Waals surface area contributed by atoms with Crippen LogP contribution >= 0.6 is 0 Å². The number of carbonyl (C=O) groups is 1. The van der Waals surface area contributed by atoms with Gasteiger partial charge in [-0.2, -0.15) is 0 Å². The fourth-order valence-corrected chi connectivity index (χ4v) is 1.87. The van der Waals surface area contributed by atoms with Crippen LogP contribution in [0.5, 0.6) is 0 Å². The molecule has 0 aromatic heterocycles. The standard InChI is InChI=1S/C11H14N2O/c1-8(14)13-11-7-12-6-9-4-2-3-5-10(9)11/h2-5,11-12H,6-7H2,1H3,(H,13,14)/t11-/m0/s1. The van der Waals surface area contributed by atoms with E-state index >= 15 is 0 Å². The van der Waals surface area contributed by atoms with Crippen LogP contribution in [0.25, 0.3) is 0 Å². The lowest BCUT2D eigenvalue weighted by Gasteiger charge is -2.26. The normalized spacial score (nSPS) is 19.9. The lowest BCUT2D eigenvalue weighted by molar-refractivity contribution is -0.119. The number of hydrogen-bond donors (Lipinski definition) is 2. The largest absolute Gasteiger partial charge is 0.348 e. The molecule has 0 bridgehead atoms. The van der Waals surface area contributed by atoms with Crippen molar-refractivity contribution in [3.05, 3.63) is 35.4 Å². The van der Waals surface area contributed by atoms with Gasteiger partial charge in [0.25, 0.3) is 0 Å². The zero-order valence-corrected chi connectivity index (χ0v) is 8.21. The number of benzene rings is 1. The van der Waals surface area contributed by atoms with Gasteiger partial charge in [0.15, 0.2) is 0 Å². The lowest BCUT2D eigenvalue weighted by atomic mass is 9.97. The van der Waals surface area contributed by atoms with Gasteiger partial charge in [-0.25, -0.2) is 0 Å². The van der Waals surface area contributed by atoms with Crippen molar-refractivity contribution in [1.82, 2.24) is 10.6 Å². The summed E-state index contributed by atoms with van der Waals surface area (Å²) in [6, 6.07) is 8.33. The molecule has 14 heavy (non-hydrogen) atoms. The predicted molar refractivity (Wildman–Crippen MR) is 54.7 cm³/mol. The Balaban J connectivity index is 2.26. The molecule has 3 nitrogen and oxygen atoms in total. The molecule has 1 aromatic rings. The Bertz CT molecular complexity index is 349. The van der Waals surface area contributed by atoms with Crippen LogP contribution in [-0.4, -0.2) is 12.5 Å². The Kier molecular flexibility index (Phi) is 2.50. The number of amides is 1. The molecule has 3 heteroatoms. The van der Waals surface area contributed by atoms with E-state index in [1.54, 1.807) is 6.92 Å². The molecule has 1 aliphatic heterocycles. The van der Waals surface area contributed by atoms with Crippen LogP contribution in [0.15, 0.2) is 24.3 Å². The highest BCUT2D eigenvalue weighted by atomic mass is 16.1. The summed E-state index contributed by atoms with van der Waals surface area (Å²) in [5.74, 6) is 0.0218. The molecule has 74 valence electrons. The lowest BCUT2D eigenvalue weighted by Crippen LogP contribution is -2.38. The van der Waals surface area contributed by atoms with Crippen molar-refractivity contribution in [2.45, 2.75) is 19.5 Å².